The van der Waals surface area contributed by atoms with E-state index in [1.165, 1.54) is 12.3 Å². The van der Waals surface area contributed by atoms with Gasteiger partial charge < -0.3 is 4.98 Å². The molecule has 94 valence electrons. The molecule has 1 aromatic heterocycles. The Morgan fingerprint density at radius 1 is 1.56 bits per heavy atom. The maximum absolute atomic E-state index is 11.6. The maximum Gasteiger partial charge on any atom is 0.254 e. The number of alkyl halides is 3. The molecule has 0 aliphatic rings. The van der Waals surface area contributed by atoms with E-state index >= 15 is 0 Å². The van der Waals surface area contributed by atoms with Gasteiger partial charge in [0, 0.05) is 29.6 Å². The normalized spacial score (nSPS) is 10.2. The molecule has 1 heterocycles. The summed E-state index contributed by atoms with van der Waals surface area (Å²) in [5.74, 6) is 4.92. The molecule has 0 saturated carbocycles. The van der Waals surface area contributed by atoms with Crippen LogP contribution in [0.3, 0.4) is 0 Å². The Morgan fingerprint density at radius 3 is 2.89 bits per heavy atom. The van der Waals surface area contributed by atoms with Gasteiger partial charge in [-0.15, -0.1) is 0 Å². The van der Waals surface area contributed by atoms with Crippen molar-refractivity contribution in [2.45, 2.75) is 10.2 Å². The van der Waals surface area contributed by atoms with Crippen LogP contribution in [-0.4, -0.2) is 21.1 Å². The summed E-state index contributed by atoms with van der Waals surface area (Å²) in [6.45, 7) is 0.299. The summed E-state index contributed by atoms with van der Waals surface area (Å²) in [6.07, 6.45) is 1.97. The highest BCUT2D eigenvalue weighted by atomic mass is 35.6. The molecular formula is C10H7Cl3N4O. The Kier molecular flexibility index (Phi) is 5.39. The minimum Gasteiger partial charge on any atom is -0.357 e. The topological polar surface area (TPSA) is 81.6 Å². The van der Waals surface area contributed by atoms with Crippen LogP contribution < -0.4 is 0 Å². The summed E-state index contributed by atoms with van der Waals surface area (Å²) in [6, 6.07) is 1.49. The average Bonchev–Trinajstić information content (AvgIpc) is 2.75. The number of carbonyl (C=O) groups is 1. The second-order valence-electron chi connectivity index (χ2n) is 3.14. The first kappa shape index (κ1) is 14.7. The highest BCUT2D eigenvalue weighted by Gasteiger charge is 2.32. The predicted molar refractivity (Wildman–Crippen MR) is 70.9 cm³/mol. The molecule has 0 spiro atoms. The molecule has 0 radical (unpaired) electrons. The van der Waals surface area contributed by atoms with Crippen LogP contribution in [0.5, 0.6) is 0 Å². The van der Waals surface area contributed by atoms with Crippen molar-refractivity contribution in [3.8, 4) is 11.8 Å². The summed E-state index contributed by atoms with van der Waals surface area (Å²) in [4.78, 5) is 16.8. The van der Waals surface area contributed by atoms with Crippen LogP contribution in [0.2, 0.25) is 0 Å². The number of carbonyl (C=O) groups excluding carboxylic acids is 1. The van der Waals surface area contributed by atoms with Crippen LogP contribution in [0.25, 0.3) is 10.4 Å². The highest BCUT2D eigenvalue weighted by Crippen LogP contribution is 2.30. The quantitative estimate of drug-likeness (QED) is 0.173. The van der Waals surface area contributed by atoms with Gasteiger partial charge >= 0.3 is 0 Å². The third-order valence-corrected chi connectivity index (χ3v) is 2.33. The predicted octanol–water partition coefficient (Wildman–Crippen LogP) is 3.62. The fourth-order valence-corrected chi connectivity index (χ4v) is 1.37. The van der Waals surface area contributed by atoms with Crippen LogP contribution >= 0.6 is 34.8 Å². The van der Waals surface area contributed by atoms with Crippen molar-refractivity contribution in [1.82, 2.24) is 4.98 Å². The van der Waals surface area contributed by atoms with Crippen molar-refractivity contribution in [3.63, 3.8) is 0 Å². The molecule has 18 heavy (non-hydrogen) atoms. The first-order valence-electron chi connectivity index (χ1n) is 4.75. The van der Waals surface area contributed by atoms with Gasteiger partial charge in [-0.25, -0.2) is 0 Å². The number of ketones is 1. The van der Waals surface area contributed by atoms with Crippen molar-refractivity contribution in [2.75, 3.05) is 6.54 Å². The number of aromatic nitrogens is 1. The number of halogens is 3. The first-order chi connectivity index (χ1) is 8.45. The van der Waals surface area contributed by atoms with Crippen molar-refractivity contribution >= 4 is 40.6 Å². The Bertz CT molecular complexity index is 543. The number of hydrogen-bond donors (Lipinski definition) is 1. The van der Waals surface area contributed by atoms with Crippen LogP contribution in [0.1, 0.15) is 22.5 Å². The van der Waals surface area contributed by atoms with Gasteiger partial charge in [-0.1, -0.05) is 51.8 Å². The number of Topliss-reactive ketones (excluding diaryl/α,β-unsaturated/α-hetero) is 1. The molecule has 0 aliphatic carbocycles. The maximum atomic E-state index is 11.6. The number of rotatable bonds is 3. The van der Waals surface area contributed by atoms with Crippen LogP contribution in [0.4, 0.5) is 0 Å². The second kappa shape index (κ2) is 6.58. The Balaban J connectivity index is 2.69. The average molecular weight is 306 g/mol. The van der Waals surface area contributed by atoms with Gasteiger partial charge in [-0.3, -0.25) is 4.79 Å². The lowest BCUT2D eigenvalue weighted by atomic mass is 10.2. The number of azide groups is 1. The fourth-order valence-electron chi connectivity index (χ4n) is 1.07. The van der Waals surface area contributed by atoms with Crippen LogP contribution in [0.15, 0.2) is 17.4 Å². The van der Waals surface area contributed by atoms with Gasteiger partial charge in [0.2, 0.25) is 5.78 Å². The molecule has 1 N–H and O–H groups in total. The van der Waals surface area contributed by atoms with E-state index < -0.39 is 9.58 Å². The number of H-pyrrole nitrogens is 1. The molecule has 1 aromatic rings. The van der Waals surface area contributed by atoms with Gasteiger partial charge in [0.05, 0.1) is 5.69 Å². The van der Waals surface area contributed by atoms with Crippen molar-refractivity contribution < 1.29 is 4.79 Å². The van der Waals surface area contributed by atoms with Gasteiger partial charge in [0.15, 0.2) is 0 Å². The number of hydrogen-bond acceptors (Lipinski definition) is 2. The lowest BCUT2D eigenvalue weighted by Crippen LogP contribution is -2.19. The number of nitrogens with zero attached hydrogens (tertiary/aromatic N) is 3. The van der Waals surface area contributed by atoms with Crippen LogP contribution in [-0.2, 0) is 0 Å². The molecule has 0 atom stereocenters. The van der Waals surface area contributed by atoms with Crippen molar-refractivity contribution in [3.05, 3.63) is 34.0 Å². The van der Waals surface area contributed by atoms with E-state index in [0.717, 1.165) is 0 Å². The van der Waals surface area contributed by atoms with Crippen molar-refractivity contribution in [1.29, 1.82) is 0 Å². The SMILES string of the molecule is [N-]=[N+]=NCCC#Cc1c[nH]c(C(=O)C(Cl)(Cl)Cl)c1. The Hall–Kier alpha value is -1.31. The smallest absolute Gasteiger partial charge is 0.254 e. The van der Waals surface area contributed by atoms with Gasteiger partial charge in [-0.05, 0) is 11.6 Å². The summed E-state index contributed by atoms with van der Waals surface area (Å²) in [5, 5.41) is 3.33. The summed E-state index contributed by atoms with van der Waals surface area (Å²) < 4.78 is -1.99. The monoisotopic (exact) mass is 304 g/mol. The fraction of sp³-hybridized carbons (Fsp3) is 0.300. The van der Waals surface area contributed by atoms with E-state index in [1.54, 1.807) is 0 Å². The Labute approximate surface area is 118 Å². The molecule has 0 amide bonds. The first-order valence-corrected chi connectivity index (χ1v) is 5.88. The van der Waals surface area contributed by atoms with E-state index in [9.17, 15) is 4.79 Å². The van der Waals surface area contributed by atoms with E-state index in [4.69, 9.17) is 40.3 Å². The van der Waals surface area contributed by atoms with E-state index in [1.807, 2.05) is 0 Å². The second-order valence-corrected chi connectivity index (χ2v) is 5.42. The number of nitrogens with one attached hydrogen (secondary N) is 1. The lowest BCUT2D eigenvalue weighted by molar-refractivity contribution is 0.0992. The van der Waals surface area contributed by atoms with E-state index in [2.05, 4.69) is 26.9 Å². The third-order valence-electron chi connectivity index (χ3n) is 1.82. The molecule has 0 saturated heterocycles. The molecule has 5 nitrogen and oxygen atoms in total. The molecule has 0 aliphatic heterocycles. The molecule has 0 unspecified atom stereocenters. The summed E-state index contributed by atoms with van der Waals surface area (Å²) >= 11 is 16.4. The molecule has 0 bridgehead atoms. The van der Waals surface area contributed by atoms with Gasteiger partial charge in [0.25, 0.3) is 3.79 Å². The minimum atomic E-state index is -1.99. The largest absolute Gasteiger partial charge is 0.357 e. The minimum absolute atomic E-state index is 0.175. The van der Waals surface area contributed by atoms with Gasteiger partial charge in [0.1, 0.15) is 0 Å². The Morgan fingerprint density at radius 2 is 2.28 bits per heavy atom. The molecule has 1 rings (SSSR count). The molecule has 8 heteroatoms. The lowest BCUT2D eigenvalue weighted by Gasteiger charge is -2.06. The molecule has 0 aromatic carbocycles. The summed E-state index contributed by atoms with van der Waals surface area (Å²) in [7, 11) is 0. The zero-order valence-electron chi connectivity index (χ0n) is 8.95. The number of aromatic amines is 1. The zero-order chi connectivity index (χ0) is 13.6. The highest BCUT2D eigenvalue weighted by molar-refractivity contribution is 6.77. The van der Waals surface area contributed by atoms with E-state index in [0.29, 0.717) is 18.5 Å². The van der Waals surface area contributed by atoms with Gasteiger partial charge in [-0.2, -0.15) is 0 Å². The summed E-state index contributed by atoms with van der Waals surface area (Å²) in [5.41, 5.74) is 8.82. The zero-order valence-corrected chi connectivity index (χ0v) is 11.2. The van der Waals surface area contributed by atoms with Crippen LogP contribution in [0, 0.1) is 11.8 Å². The van der Waals surface area contributed by atoms with E-state index in [-0.39, 0.29) is 5.69 Å². The van der Waals surface area contributed by atoms with Crippen molar-refractivity contribution in [2.24, 2.45) is 5.11 Å². The standard InChI is InChI=1S/C10H7Cl3N4O/c11-10(12,13)9(18)8-5-7(6-15-8)3-1-2-4-16-17-14/h5-6,15H,2,4H2. The third kappa shape index (κ3) is 4.52. The molecular weight excluding hydrogens is 298 g/mol. The molecule has 0 fully saturated rings.